The van der Waals surface area contributed by atoms with E-state index in [4.69, 9.17) is 4.74 Å². The highest BCUT2D eigenvalue weighted by Crippen LogP contribution is 2.24. The van der Waals surface area contributed by atoms with Crippen molar-refractivity contribution in [3.63, 3.8) is 0 Å². The van der Waals surface area contributed by atoms with Crippen LogP contribution in [-0.4, -0.2) is 66.9 Å². The molecule has 1 unspecified atom stereocenters. The lowest BCUT2D eigenvalue weighted by molar-refractivity contribution is -0.130. The van der Waals surface area contributed by atoms with Crippen LogP contribution >= 0.6 is 0 Å². The Morgan fingerprint density at radius 2 is 1.73 bits per heavy atom. The van der Waals surface area contributed by atoms with E-state index in [2.05, 4.69) is 39.1 Å². The Morgan fingerprint density at radius 1 is 1.00 bits per heavy atom. The number of piperazine rings is 1. The predicted molar refractivity (Wildman–Crippen MR) is 118 cm³/mol. The summed E-state index contributed by atoms with van der Waals surface area (Å²) in [5.74, 6) is 2.76. The van der Waals surface area contributed by atoms with Gasteiger partial charge < -0.3 is 19.4 Å². The molecule has 0 radical (unpaired) electrons. The first-order valence-corrected chi connectivity index (χ1v) is 10.9. The van der Waals surface area contributed by atoms with Crippen molar-refractivity contribution >= 4 is 17.5 Å². The second-order valence-electron chi connectivity index (χ2n) is 8.14. The molecule has 4 rings (SSSR count). The van der Waals surface area contributed by atoms with E-state index in [1.165, 1.54) is 19.3 Å². The molecule has 2 aliphatic heterocycles. The Bertz CT molecular complexity index is 849. The van der Waals surface area contributed by atoms with Gasteiger partial charge in [0.15, 0.2) is 11.6 Å². The van der Waals surface area contributed by atoms with E-state index in [9.17, 15) is 4.79 Å². The molecule has 0 spiro atoms. The molecule has 3 heterocycles. The van der Waals surface area contributed by atoms with Crippen LogP contribution in [0.25, 0.3) is 0 Å². The Kier molecular flexibility index (Phi) is 6.35. The molecule has 2 saturated heterocycles. The molecule has 1 aromatic carbocycles. The summed E-state index contributed by atoms with van der Waals surface area (Å²) in [5, 5.41) is 8.98. The molecule has 1 atom stereocenters. The van der Waals surface area contributed by atoms with Crippen LogP contribution < -0.4 is 14.5 Å². The van der Waals surface area contributed by atoms with Crippen LogP contribution in [0.5, 0.6) is 5.75 Å². The topological polar surface area (TPSA) is 61.8 Å². The van der Waals surface area contributed by atoms with Crippen LogP contribution in [0, 0.1) is 0 Å². The zero-order valence-electron chi connectivity index (χ0n) is 18.0. The molecular formula is C23H31N5O2. The van der Waals surface area contributed by atoms with E-state index in [1.807, 2.05) is 29.2 Å². The molecule has 0 saturated carbocycles. The first kappa shape index (κ1) is 20.4. The number of hydrogen-bond donors (Lipinski definition) is 0. The van der Waals surface area contributed by atoms with Gasteiger partial charge in [0, 0.05) is 44.3 Å². The smallest absolute Gasteiger partial charge is 0.227 e. The fourth-order valence-corrected chi connectivity index (χ4v) is 4.39. The molecule has 7 nitrogen and oxygen atoms in total. The van der Waals surface area contributed by atoms with E-state index >= 15 is 0 Å². The number of anilines is 2. The number of carbonyl (C=O) groups is 1. The number of rotatable bonds is 5. The summed E-state index contributed by atoms with van der Waals surface area (Å²) >= 11 is 0. The Morgan fingerprint density at radius 3 is 2.43 bits per heavy atom. The lowest BCUT2D eigenvalue weighted by Gasteiger charge is -2.36. The Hall–Kier alpha value is -2.83. The minimum absolute atomic E-state index is 0.139. The highest BCUT2D eigenvalue weighted by Gasteiger charge is 2.24. The second-order valence-corrected chi connectivity index (χ2v) is 8.14. The lowest BCUT2D eigenvalue weighted by Crippen LogP contribution is -2.49. The third-order valence-electron chi connectivity index (χ3n) is 6.22. The zero-order chi connectivity index (χ0) is 20.9. The van der Waals surface area contributed by atoms with Crippen molar-refractivity contribution < 1.29 is 9.53 Å². The summed E-state index contributed by atoms with van der Waals surface area (Å²) < 4.78 is 5.37. The van der Waals surface area contributed by atoms with Crippen LogP contribution in [0.3, 0.4) is 0 Å². The van der Waals surface area contributed by atoms with E-state index in [0.717, 1.165) is 42.6 Å². The maximum absolute atomic E-state index is 12.7. The van der Waals surface area contributed by atoms with Crippen LogP contribution in [-0.2, 0) is 11.2 Å². The van der Waals surface area contributed by atoms with Crippen LogP contribution in [0.4, 0.5) is 11.6 Å². The molecule has 30 heavy (non-hydrogen) atoms. The summed E-state index contributed by atoms with van der Waals surface area (Å²) in [6, 6.07) is 12.4. The normalized spacial score (nSPS) is 19.7. The molecule has 0 aliphatic carbocycles. The number of benzene rings is 1. The monoisotopic (exact) mass is 409 g/mol. The Balaban J connectivity index is 1.32. The number of amides is 1. The fourth-order valence-electron chi connectivity index (χ4n) is 4.39. The highest BCUT2D eigenvalue weighted by atomic mass is 16.5. The zero-order valence-corrected chi connectivity index (χ0v) is 18.0. The minimum atomic E-state index is 0.139. The number of nitrogens with zero attached hydrogens (tertiary/aromatic N) is 5. The van der Waals surface area contributed by atoms with Gasteiger partial charge in [0.2, 0.25) is 5.91 Å². The number of para-hydroxylation sites is 1. The van der Waals surface area contributed by atoms with Gasteiger partial charge in [-0.1, -0.05) is 18.2 Å². The van der Waals surface area contributed by atoms with Gasteiger partial charge in [0.25, 0.3) is 0 Å². The molecular weight excluding hydrogens is 378 g/mol. The largest absolute Gasteiger partial charge is 0.496 e. The van der Waals surface area contributed by atoms with Gasteiger partial charge >= 0.3 is 0 Å². The van der Waals surface area contributed by atoms with E-state index < -0.39 is 0 Å². The SMILES string of the molecule is COc1ccccc1CC(=O)N1CCN(c2ccc(N3CCCCC3C)nn2)CC1. The van der Waals surface area contributed by atoms with Crippen molar-refractivity contribution in [3.8, 4) is 5.75 Å². The molecule has 2 aliphatic rings. The van der Waals surface area contributed by atoms with E-state index in [0.29, 0.717) is 25.6 Å². The average Bonchev–Trinajstić information content (AvgIpc) is 2.80. The van der Waals surface area contributed by atoms with Crippen LogP contribution in [0.2, 0.25) is 0 Å². The van der Waals surface area contributed by atoms with Gasteiger partial charge in [-0.05, 0) is 44.4 Å². The van der Waals surface area contributed by atoms with Gasteiger partial charge in [0.05, 0.1) is 13.5 Å². The third kappa shape index (κ3) is 4.50. The number of hydrogen-bond acceptors (Lipinski definition) is 6. The van der Waals surface area contributed by atoms with E-state index in [1.54, 1.807) is 7.11 Å². The Labute approximate surface area is 178 Å². The summed E-state index contributed by atoms with van der Waals surface area (Å²) in [6.45, 7) is 6.25. The van der Waals surface area contributed by atoms with Crippen molar-refractivity contribution in [1.82, 2.24) is 15.1 Å². The minimum Gasteiger partial charge on any atom is -0.496 e. The van der Waals surface area contributed by atoms with Crippen molar-refractivity contribution in [2.75, 3.05) is 49.6 Å². The molecule has 160 valence electrons. The number of carbonyl (C=O) groups excluding carboxylic acids is 1. The summed E-state index contributed by atoms with van der Waals surface area (Å²) in [6.07, 6.45) is 4.10. The highest BCUT2D eigenvalue weighted by molar-refractivity contribution is 5.79. The molecule has 2 fully saturated rings. The predicted octanol–water partition coefficient (Wildman–Crippen LogP) is 2.76. The van der Waals surface area contributed by atoms with Crippen molar-refractivity contribution in [2.24, 2.45) is 0 Å². The molecule has 7 heteroatoms. The molecule has 1 amide bonds. The van der Waals surface area contributed by atoms with Gasteiger partial charge in [-0.15, -0.1) is 10.2 Å². The van der Waals surface area contributed by atoms with E-state index in [-0.39, 0.29) is 5.91 Å². The first-order valence-electron chi connectivity index (χ1n) is 10.9. The number of ether oxygens (including phenoxy) is 1. The standard InChI is InChI=1S/C23H31N5O2/c1-18-7-5-6-12-28(18)22-11-10-21(24-25-22)26-13-15-27(16-14-26)23(29)17-19-8-3-4-9-20(19)30-2/h3-4,8-11,18H,5-7,12-17H2,1-2H3. The first-order chi connectivity index (χ1) is 14.7. The van der Waals surface area contributed by atoms with Gasteiger partial charge in [-0.3, -0.25) is 4.79 Å². The summed E-state index contributed by atoms with van der Waals surface area (Å²) in [7, 11) is 1.64. The lowest BCUT2D eigenvalue weighted by atomic mass is 10.0. The fraction of sp³-hybridized carbons (Fsp3) is 0.522. The molecule has 2 aromatic rings. The summed E-state index contributed by atoms with van der Waals surface area (Å²) in [5.41, 5.74) is 0.931. The van der Waals surface area contributed by atoms with Gasteiger partial charge in [0.1, 0.15) is 5.75 Å². The van der Waals surface area contributed by atoms with Gasteiger partial charge in [-0.25, -0.2) is 0 Å². The van der Waals surface area contributed by atoms with Crippen molar-refractivity contribution in [2.45, 2.75) is 38.6 Å². The summed E-state index contributed by atoms with van der Waals surface area (Å²) in [4.78, 5) is 19.2. The quantitative estimate of drug-likeness (QED) is 0.757. The van der Waals surface area contributed by atoms with Crippen molar-refractivity contribution in [1.29, 1.82) is 0 Å². The van der Waals surface area contributed by atoms with Crippen molar-refractivity contribution in [3.05, 3.63) is 42.0 Å². The van der Waals surface area contributed by atoms with Crippen LogP contribution in [0.15, 0.2) is 36.4 Å². The van der Waals surface area contributed by atoms with Gasteiger partial charge in [-0.2, -0.15) is 0 Å². The number of aromatic nitrogens is 2. The maximum Gasteiger partial charge on any atom is 0.227 e. The molecule has 1 aromatic heterocycles. The number of piperidine rings is 1. The molecule has 0 N–H and O–H groups in total. The average molecular weight is 410 g/mol. The second kappa shape index (κ2) is 9.32. The number of methoxy groups -OCH3 is 1. The van der Waals surface area contributed by atoms with Crippen LogP contribution in [0.1, 0.15) is 31.7 Å². The third-order valence-corrected chi connectivity index (χ3v) is 6.22. The maximum atomic E-state index is 12.7. The molecule has 0 bridgehead atoms.